The summed E-state index contributed by atoms with van der Waals surface area (Å²) in [6.07, 6.45) is 3.50. The van der Waals surface area contributed by atoms with Crippen LogP contribution in [0.5, 0.6) is 5.75 Å². The summed E-state index contributed by atoms with van der Waals surface area (Å²) in [4.78, 5) is 2.31. The molecule has 1 unspecified atom stereocenters. The summed E-state index contributed by atoms with van der Waals surface area (Å²) in [5, 5.41) is 0. The Balaban J connectivity index is 1.65. The number of likely N-dealkylation sites (N-methyl/N-ethyl adjacent to an activating group) is 1. The van der Waals surface area contributed by atoms with E-state index in [0.717, 1.165) is 12.2 Å². The number of rotatable bonds is 6. The summed E-state index contributed by atoms with van der Waals surface area (Å²) in [6, 6.07) is 17.4. The van der Waals surface area contributed by atoms with Gasteiger partial charge in [0.1, 0.15) is 5.75 Å². The molecule has 23 heavy (non-hydrogen) atoms. The average molecular weight is 310 g/mol. The van der Waals surface area contributed by atoms with E-state index in [-0.39, 0.29) is 0 Å². The van der Waals surface area contributed by atoms with Crippen molar-refractivity contribution in [1.29, 1.82) is 0 Å². The molecule has 1 atom stereocenters. The molecule has 0 saturated heterocycles. The highest BCUT2D eigenvalue weighted by Gasteiger charge is 2.25. The zero-order valence-corrected chi connectivity index (χ0v) is 14.0. The fraction of sp³-hybridized carbons (Fsp3) is 0.400. The molecule has 0 amide bonds. The van der Waals surface area contributed by atoms with Crippen molar-refractivity contribution in [1.82, 2.24) is 0 Å². The van der Waals surface area contributed by atoms with Gasteiger partial charge in [0.2, 0.25) is 0 Å². The Morgan fingerprint density at radius 1 is 1.09 bits per heavy atom. The van der Waals surface area contributed by atoms with Crippen LogP contribution in [0, 0.1) is 5.92 Å². The van der Waals surface area contributed by atoms with E-state index in [1.165, 1.54) is 29.7 Å². The van der Waals surface area contributed by atoms with Crippen LogP contribution in [0.1, 0.15) is 17.5 Å². The predicted molar refractivity (Wildman–Crippen MR) is 96.2 cm³/mol. The first-order valence-electron chi connectivity index (χ1n) is 8.35. The highest BCUT2D eigenvalue weighted by Crippen LogP contribution is 2.31. The van der Waals surface area contributed by atoms with Crippen molar-refractivity contribution in [3.63, 3.8) is 0 Å². The van der Waals surface area contributed by atoms with Crippen LogP contribution in [0.2, 0.25) is 0 Å². The summed E-state index contributed by atoms with van der Waals surface area (Å²) in [5.41, 5.74) is 10.3. The number of fused-ring (bicyclic) bond motifs is 1. The van der Waals surface area contributed by atoms with Gasteiger partial charge in [0, 0.05) is 25.3 Å². The Morgan fingerprint density at radius 3 is 2.22 bits per heavy atom. The zero-order valence-electron chi connectivity index (χ0n) is 14.0. The molecule has 0 radical (unpaired) electrons. The molecular formula is C20H26N2O. The van der Waals surface area contributed by atoms with Gasteiger partial charge in [-0.3, -0.25) is 0 Å². The smallest absolute Gasteiger partial charge is 0.119 e. The molecule has 3 rings (SSSR count). The lowest BCUT2D eigenvalue weighted by Crippen LogP contribution is -2.39. The number of hydrogen-bond acceptors (Lipinski definition) is 3. The van der Waals surface area contributed by atoms with Crippen LogP contribution in [0.4, 0.5) is 5.69 Å². The van der Waals surface area contributed by atoms with E-state index >= 15 is 0 Å². The van der Waals surface area contributed by atoms with Crippen LogP contribution in [0.15, 0.2) is 48.5 Å². The predicted octanol–water partition coefficient (Wildman–Crippen LogP) is 3.26. The molecule has 0 spiro atoms. The molecule has 122 valence electrons. The highest BCUT2D eigenvalue weighted by molar-refractivity contribution is 5.49. The summed E-state index contributed by atoms with van der Waals surface area (Å²) < 4.78 is 5.24. The molecule has 2 aromatic rings. The summed E-state index contributed by atoms with van der Waals surface area (Å²) in [6.45, 7) is 0.676. The maximum Gasteiger partial charge on any atom is 0.119 e. The van der Waals surface area contributed by atoms with Crippen molar-refractivity contribution in [2.24, 2.45) is 11.7 Å². The van der Waals surface area contributed by atoms with E-state index in [2.05, 4.69) is 48.3 Å². The molecule has 2 aromatic carbocycles. The van der Waals surface area contributed by atoms with Crippen LogP contribution < -0.4 is 15.4 Å². The highest BCUT2D eigenvalue weighted by atomic mass is 16.5. The van der Waals surface area contributed by atoms with Crippen molar-refractivity contribution in [3.8, 4) is 5.75 Å². The van der Waals surface area contributed by atoms with E-state index in [0.29, 0.717) is 18.5 Å². The lowest BCUT2D eigenvalue weighted by atomic mass is 9.96. The Hall–Kier alpha value is -2.00. The number of methoxy groups -OCH3 is 1. The van der Waals surface area contributed by atoms with Gasteiger partial charge in [0.05, 0.1) is 7.11 Å². The Labute approximate surface area is 139 Å². The fourth-order valence-electron chi connectivity index (χ4n) is 3.64. The summed E-state index contributed by atoms with van der Waals surface area (Å²) in [5.74, 6) is 1.58. The van der Waals surface area contributed by atoms with E-state index in [9.17, 15) is 0 Å². The molecule has 0 aromatic heterocycles. The third-order valence-electron chi connectivity index (χ3n) is 5.04. The molecule has 2 N–H and O–H groups in total. The molecule has 0 saturated carbocycles. The monoisotopic (exact) mass is 310 g/mol. The third-order valence-corrected chi connectivity index (χ3v) is 5.04. The molecular weight excluding hydrogens is 284 g/mol. The van der Waals surface area contributed by atoms with E-state index in [1.807, 2.05) is 12.1 Å². The second-order valence-corrected chi connectivity index (χ2v) is 6.48. The number of anilines is 1. The molecule has 0 aliphatic heterocycles. The van der Waals surface area contributed by atoms with Crippen LogP contribution in [-0.2, 0) is 12.8 Å². The number of hydrogen-bond donors (Lipinski definition) is 1. The first kappa shape index (κ1) is 15.9. The second kappa shape index (κ2) is 7.05. The van der Waals surface area contributed by atoms with E-state index < -0.39 is 0 Å². The standard InChI is InChI=1S/C20H26N2O/c1-22(18-7-9-20(23-2)10-8-18)19(14-21)13-15-11-16-5-3-4-6-17(16)12-15/h3-10,15,19H,11-14,21H2,1-2H3. The maximum atomic E-state index is 6.08. The molecule has 0 bridgehead atoms. The van der Waals surface area contributed by atoms with Gasteiger partial charge in [-0.15, -0.1) is 0 Å². The van der Waals surface area contributed by atoms with Crippen molar-refractivity contribution < 1.29 is 4.74 Å². The topological polar surface area (TPSA) is 38.5 Å². The van der Waals surface area contributed by atoms with Crippen molar-refractivity contribution in [2.75, 3.05) is 25.6 Å². The number of nitrogens with two attached hydrogens (primary N) is 1. The summed E-state index contributed by atoms with van der Waals surface area (Å²) >= 11 is 0. The molecule has 3 heteroatoms. The van der Waals surface area contributed by atoms with Crippen LogP contribution in [0.25, 0.3) is 0 Å². The number of ether oxygens (including phenoxy) is 1. The first-order chi connectivity index (χ1) is 11.2. The van der Waals surface area contributed by atoms with E-state index in [1.54, 1.807) is 7.11 Å². The van der Waals surface area contributed by atoms with Crippen LogP contribution >= 0.6 is 0 Å². The molecule has 1 aliphatic rings. The Bertz CT molecular complexity index is 613. The normalized spacial score (nSPS) is 15.3. The van der Waals surface area contributed by atoms with E-state index in [4.69, 9.17) is 10.5 Å². The summed E-state index contributed by atoms with van der Waals surface area (Å²) in [7, 11) is 3.83. The van der Waals surface area contributed by atoms with Crippen LogP contribution in [0.3, 0.4) is 0 Å². The minimum atomic E-state index is 0.364. The average Bonchev–Trinajstić information content (AvgIpc) is 3.01. The second-order valence-electron chi connectivity index (χ2n) is 6.48. The van der Waals surface area contributed by atoms with Gasteiger partial charge in [0.25, 0.3) is 0 Å². The maximum absolute atomic E-state index is 6.08. The molecule has 0 heterocycles. The molecule has 3 nitrogen and oxygen atoms in total. The number of nitrogens with zero attached hydrogens (tertiary/aromatic N) is 1. The van der Waals surface area contributed by atoms with Gasteiger partial charge in [-0.05, 0) is 60.6 Å². The Morgan fingerprint density at radius 2 is 1.70 bits per heavy atom. The fourth-order valence-corrected chi connectivity index (χ4v) is 3.64. The molecule has 1 aliphatic carbocycles. The molecule has 0 fully saturated rings. The first-order valence-corrected chi connectivity index (χ1v) is 8.35. The Kier molecular flexibility index (Phi) is 4.87. The zero-order chi connectivity index (χ0) is 16.2. The van der Waals surface area contributed by atoms with Gasteiger partial charge in [-0.2, -0.15) is 0 Å². The lowest BCUT2D eigenvalue weighted by molar-refractivity contribution is 0.414. The van der Waals surface area contributed by atoms with Gasteiger partial charge in [-0.25, -0.2) is 0 Å². The minimum Gasteiger partial charge on any atom is -0.497 e. The van der Waals surface area contributed by atoms with Gasteiger partial charge in [-0.1, -0.05) is 24.3 Å². The van der Waals surface area contributed by atoms with Gasteiger partial charge >= 0.3 is 0 Å². The minimum absolute atomic E-state index is 0.364. The lowest BCUT2D eigenvalue weighted by Gasteiger charge is -2.31. The van der Waals surface area contributed by atoms with Crippen molar-refractivity contribution in [3.05, 3.63) is 59.7 Å². The van der Waals surface area contributed by atoms with Crippen molar-refractivity contribution in [2.45, 2.75) is 25.3 Å². The SMILES string of the molecule is COc1ccc(N(C)C(CN)CC2Cc3ccccc3C2)cc1. The van der Waals surface area contributed by atoms with Crippen molar-refractivity contribution >= 4 is 5.69 Å². The third kappa shape index (κ3) is 3.50. The number of benzene rings is 2. The van der Waals surface area contributed by atoms with Crippen LogP contribution in [-0.4, -0.2) is 26.7 Å². The van der Waals surface area contributed by atoms with Gasteiger partial charge < -0.3 is 15.4 Å². The van der Waals surface area contributed by atoms with Gasteiger partial charge in [0.15, 0.2) is 0 Å². The quantitative estimate of drug-likeness (QED) is 0.890. The largest absolute Gasteiger partial charge is 0.497 e.